The van der Waals surface area contributed by atoms with Crippen LogP contribution in [-0.2, 0) is 4.74 Å². The van der Waals surface area contributed by atoms with Crippen LogP contribution in [0.25, 0.3) is 0 Å². The van der Waals surface area contributed by atoms with Crippen LogP contribution < -0.4 is 5.32 Å². The van der Waals surface area contributed by atoms with Crippen molar-refractivity contribution in [1.29, 1.82) is 5.26 Å². The molecular weight excluding hydrogens is 232 g/mol. The Morgan fingerprint density at radius 2 is 2.47 bits per heavy atom. The largest absolute Gasteiger partial charge is 0.377 e. The zero-order valence-corrected chi connectivity index (χ0v) is 11.1. The van der Waals surface area contributed by atoms with Crippen LogP contribution in [0, 0.1) is 25.2 Å². The van der Waals surface area contributed by atoms with Crippen LogP contribution in [0.3, 0.4) is 0 Å². The molecule has 4 heteroatoms. The van der Waals surface area contributed by atoms with Crippen LogP contribution in [0.2, 0.25) is 0 Å². The summed E-state index contributed by atoms with van der Waals surface area (Å²) in [6, 6.07) is 4.24. The van der Waals surface area contributed by atoms with Gasteiger partial charge in [-0.25, -0.2) is 0 Å². The molecule has 0 saturated carbocycles. The number of thiophene rings is 1. The molecule has 17 heavy (non-hydrogen) atoms. The minimum Gasteiger partial charge on any atom is -0.377 e. The fraction of sp³-hybridized carbons (Fsp3) is 0.615. The van der Waals surface area contributed by atoms with Crippen LogP contribution >= 0.6 is 11.3 Å². The highest BCUT2D eigenvalue weighted by molar-refractivity contribution is 7.12. The Balaban J connectivity index is 1.96. The lowest BCUT2D eigenvalue weighted by Gasteiger charge is -2.15. The zero-order chi connectivity index (χ0) is 12.3. The number of nitriles is 1. The average molecular weight is 250 g/mol. The lowest BCUT2D eigenvalue weighted by atomic mass is 10.1. The summed E-state index contributed by atoms with van der Waals surface area (Å²) in [6.45, 7) is 5.79. The molecule has 92 valence electrons. The van der Waals surface area contributed by atoms with Crippen molar-refractivity contribution in [2.24, 2.45) is 0 Å². The summed E-state index contributed by atoms with van der Waals surface area (Å²) < 4.78 is 5.55. The van der Waals surface area contributed by atoms with Gasteiger partial charge in [0.2, 0.25) is 0 Å². The van der Waals surface area contributed by atoms with E-state index in [0.29, 0.717) is 0 Å². The van der Waals surface area contributed by atoms with E-state index in [1.807, 2.05) is 0 Å². The lowest BCUT2D eigenvalue weighted by Crippen LogP contribution is -2.29. The van der Waals surface area contributed by atoms with Crippen molar-refractivity contribution in [2.75, 3.05) is 13.2 Å². The Morgan fingerprint density at radius 3 is 3.00 bits per heavy atom. The van der Waals surface area contributed by atoms with Crippen LogP contribution in [0.5, 0.6) is 0 Å². The van der Waals surface area contributed by atoms with Gasteiger partial charge in [0, 0.05) is 22.9 Å². The Hall–Kier alpha value is -0.890. The summed E-state index contributed by atoms with van der Waals surface area (Å²) >= 11 is 1.75. The number of ether oxygens (including phenoxy) is 1. The van der Waals surface area contributed by atoms with Crippen molar-refractivity contribution >= 4 is 11.3 Å². The molecule has 1 N–H and O–H groups in total. The minimum atomic E-state index is -0.204. The summed E-state index contributed by atoms with van der Waals surface area (Å²) in [4.78, 5) is 2.49. The van der Waals surface area contributed by atoms with Crippen LogP contribution in [0.1, 0.15) is 34.2 Å². The molecule has 2 unspecified atom stereocenters. The number of hydrogen-bond donors (Lipinski definition) is 1. The van der Waals surface area contributed by atoms with Gasteiger partial charge in [0.05, 0.1) is 12.2 Å². The van der Waals surface area contributed by atoms with E-state index in [1.165, 1.54) is 9.75 Å². The molecule has 0 bridgehead atoms. The fourth-order valence-corrected chi connectivity index (χ4v) is 3.18. The number of nitrogens with zero attached hydrogens (tertiary/aromatic N) is 1. The average Bonchev–Trinajstić information content (AvgIpc) is 2.90. The first-order valence-corrected chi connectivity index (χ1v) is 6.84. The Bertz CT molecular complexity index is 416. The van der Waals surface area contributed by atoms with Gasteiger partial charge in [-0.2, -0.15) is 5.26 Å². The normalized spacial score (nSPS) is 21.4. The molecule has 0 radical (unpaired) electrons. The highest BCUT2D eigenvalue weighted by Gasteiger charge is 2.19. The van der Waals surface area contributed by atoms with E-state index in [4.69, 9.17) is 4.74 Å². The summed E-state index contributed by atoms with van der Waals surface area (Å²) in [5, 5.41) is 12.5. The van der Waals surface area contributed by atoms with Crippen molar-refractivity contribution < 1.29 is 4.74 Å². The number of rotatable bonds is 4. The van der Waals surface area contributed by atoms with Gasteiger partial charge >= 0.3 is 0 Å². The molecule has 1 aromatic heterocycles. The zero-order valence-electron chi connectivity index (χ0n) is 10.3. The van der Waals surface area contributed by atoms with E-state index >= 15 is 0 Å². The quantitative estimate of drug-likeness (QED) is 0.893. The van der Waals surface area contributed by atoms with Crippen LogP contribution in [0.15, 0.2) is 6.07 Å². The molecule has 1 aliphatic rings. The number of nitrogens with one attached hydrogen (secondary N) is 1. The van der Waals surface area contributed by atoms with Crippen LogP contribution in [-0.4, -0.2) is 19.3 Å². The number of hydrogen-bond acceptors (Lipinski definition) is 4. The molecule has 1 fully saturated rings. The van der Waals surface area contributed by atoms with Gasteiger partial charge in [-0.3, -0.25) is 5.32 Å². The van der Waals surface area contributed by atoms with E-state index in [0.717, 1.165) is 31.6 Å². The van der Waals surface area contributed by atoms with E-state index < -0.39 is 0 Å². The van der Waals surface area contributed by atoms with Gasteiger partial charge in [-0.15, -0.1) is 11.3 Å². The maximum atomic E-state index is 9.24. The standard InChI is InChI=1S/C13H18N2OS/c1-9-6-12(10(2)17-9)13(7-14)15-8-11-4-3-5-16-11/h6,11,13,15H,3-5,8H2,1-2H3. The first kappa shape index (κ1) is 12.6. The molecule has 1 aliphatic heterocycles. The van der Waals surface area contributed by atoms with E-state index in [2.05, 4.69) is 31.3 Å². The fourth-order valence-electron chi connectivity index (χ4n) is 2.22. The van der Waals surface area contributed by atoms with Crippen molar-refractivity contribution in [2.45, 2.75) is 38.8 Å². The van der Waals surface area contributed by atoms with Crippen molar-refractivity contribution in [3.05, 3.63) is 21.4 Å². The maximum absolute atomic E-state index is 9.24. The highest BCUT2D eigenvalue weighted by atomic mass is 32.1. The smallest absolute Gasteiger partial charge is 0.122 e. The van der Waals surface area contributed by atoms with Gasteiger partial charge in [-0.05, 0) is 38.3 Å². The second-order valence-corrected chi connectivity index (χ2v) is 5.93. The lowest BCUT2D eigenvalue weighted by molar-refractivity contribution is 0.109. The third kappa shape index (κ3) is 3.06. The molecule has 0 amide bonds. The molecule has 0 aliphatic carbocycles. The second kappa shape index (κ2) is 5.63. The molecule has 2 atom stereocenters. The van der Waals surface area contributed by atoms with E-state index in [1.54, 1.807) is 11.3 Å². The summed E-state index contributed by atoms with van der Waals surface area (Å²) in [5.41, 5.74) is 1.12. The molecule has 3 nitrogen and oxygen atoms in total. The summed E-state index contributed by atoms with van der Waals surface area (Å²) in [7, 11) is 0. The van der Waals surface area contributed by atoms with Gasteiger partial charge in [0.25, 0.3) is 0 Å². The maximum Gasteiger partial charge on any atom is 0.122 e. The molecule has 0 aromatic carbocycles. The first-order chi connectivity index (χ1) is 8.20. The number of aryl methyl sites for hydroxylation is 2. The molecule has 0 spiro atoms. The van der Waals surface area contributed by atoms with Gasteiger partial charge in [0.1, 0.15) is 6.04 Å². The van der Waals surface area contributed by atoms with Crippen molar-refractivity contribution in [3.63, 3.8) is 0 Å². The summed E-state index contributed by atoms with van der Waals surface area (Å²) in [6.07, 6.45) is 2.53. The Labute approximate surface area is 106 Å². The molecule has 1 aromatic rings. The molecule has 1 saturated heterocycles. The van der Waals surface area contributed by atoms with Crippen LogP contribution in [0.4, 0.5) is 0 Å². The third-order valence-electron chi connectivity index (χ3n) is 3.09. The summed E-state index contributed by atoms with van der Waals surface area (Å²) in [5.74, 6) is 0. The first-order valence-electron chi connectivity index (χ1n) is 6.02. The Morgan fingerprint density at radius 1 is 1.65 bits per heavy atom. The SMILES string of the molecule is Cc1cc(C(C#N)NCC2CCCO2)c(C)s1. The monoisotopic (exact) mass is 250 g/mol. The third-order valence-corrected chi connectivity index (χ3v) is 4.07. The van der Waals surface area contributed by atoms with Crippen molar-refractivity contribution in [3.8, 4) is 6.07 Å². The topological polar surface area (TPSA) is 45.0 Å². The predicted molar refractivity (Wildman–Crippen MR) is 69.1 cm³/mol. The van der Waals surface area contributed by atoms with E-state index in [9.17, 15) is 5.26 Å². The highest BCUT2D eigenvalue weighted by Crippen LogP contribution is 2.26. The minimum absolute atomic E-state index is 0.204. The molecular formula is C13H18N2OS. The van der Waals surface area contributed by atoms with E-state index in [-0.39, 0.29) is 12.1 Å². The molecule has 2 heterocycles. The van der Waals surface area contributed by atoms with Gasteiger partial charge in [-0.1, -0.05) is 0 Å². The second-order valence-electron chi connectivity index (χ2n) is 4.47. The van der Waals surface area contributed by atoms with Gasteiger partial charge < -0.3 is 4.74 Å². The molecule has 2 rings (SSSR count). The van der Waals surface area contributed by atoms with Gasteiger partial charge in [0.15, 0.2) is 0 Å². The van der Waals surface area contributed by atoms with Crippen molar-refractivity contribution in [1.82, 2.24) is 5.32 Å². The Kier molecular flexibility index (Phi) is 4.16. The predicted octanol–water partition coefficient (Wildman–Crippen LogP) is 2.70.